The summed E-state index contributed by atoms with van der Waals surface area (Å²) in [7, 11) is 0. The van der Waals surface area contributed by atoms with Gasteiger partial charge in [-0.15, -0.1) is 0 Å². The molecule has 4 nitrogen and oxygen atoms in total. The van der Waals surface area contributed by atoms with Gasteiger partial charge in [0, 0.05) is 36.9 Å². The Bertz CT molecular complexity index is 1330. The summed E-state index contributed by atoms with van der Waals surface area (Å²) in [6, 6.07) is 37.9. The highest BCUT2D eigenvalue weighted by Crippen LogP contribution is 2.32. The van der Waals surface area contributed by atoms with Crippen LogP contribution in [0, 0.1) is 0 Å². The van der Waals surface area contributed by atoms with E-state index in [0.717, 1.165) is 54.7 Å². The predicted molar refractivity (Wildman–Crippen MR) is 148 cm³/mol. The number of carbonyl (C=O) groups excluding carboxylic acids is 1. The van der Waals surface area contributed by atoms with E-state index in [1.165, 1.54) is 11.3 Å². The van der Waals surface area contributed by atoms with E-state index in [1.807, 2.05) is 42.5 Å². The van der Waals surface area contributed by atoms with Crippen molar-refractivity contribution in [1.29, 1.82) is 0 Å². The molecule has 4 heteroatoms. The molecule has 0 aromatic heterocycles. The third kappa shape index (κ3) is 5.03. The lowest BCUT2D eigenvalue weighted by molar-refractivity contribution is 0.0667. The van der Waals surface area contributed by atoms with Crippen molar-refractivity contribution in [2.45, 2.75) is 38.1 Å². The number of hydrogen-bond acceptors (Lipinski definition) is 3. The summed E-state index contributed by atoms with van der Waals surface area (Å²) in [4.78, 5) is 17.4. The number of piperidine rings is 1. The minimum Gasteiger partial charge on any atom is -0.371 e. The van der Waals surface area contributed by atoms with Crippen molar-refractivity contribution in [2.75, 3.05) is 18.0 Å². The maximum absolute atomic E-state index is 12.9. The molecule has 0 bridgehead atoms. The number of fused-ring (bicyclic) bond motifs is 1. The number of nitrogens with zero attached hydrogens (tertiary/aromatic N) is 2. The molecule has 0 aliphatic carbocycles. The number of rotatable bonds is 7. The fourth-order valence-electron chi connectivity index (χ4n) is 5.63. The first-order valence-electron chi connectivity index (χ1n) is 13.2. The Kier molecular flexibility index (Phi) is 6.74. The highest BCUT2D eigenvalue weighted by molar-refractivity contribution is 5.98. The molecular weight excluding hydrogens is 456 g/mol. The molecule has 1 unspecified atom stereocenters. The molecule has 4 aromatic rings. The molecule has 186 valence electrons. The van der Waals surface area contributed by atoms with Crippen LogP contribution in [0.25, 0.3) is 0 Å². The van der Waals surface area contributed by atoms with E-state index in [-0.39, 0.29) is 12.0 Å². The second-order valence-corrected chi connectivity index (χ2v) is 9.99. The minimum atomic E-state index is -0.121. The van der Waals surface area contributed by atoms with Crippen molar-refractivity contribution in [3.63, 3.8) is 0 Å². The van der Waals surface area contributed by atoms with Gasteiger partial charge in [-0.05, 0) is 53.3 Å². The Balaban J connectivity index is 1.12. The van der Waals surface area contributed by atoms with Gasteiger partial charge in [0.05, 0.1) is 6.61 Å². The Morgan fingerprint density at radius 2 is 1.35 bits per heavy atom. The molecule has 2 heterocycles. The summed E-state index contributed by atoms with van der Waals surface area (Å²) in [5.41, 5.74) is 6.75. The van der Waals surface area contributed by atoms with Gasteiger partial charge < -0.3 is 14.5 Å². The van der Waals surface area contributed by atoms with Crippen LogP contribution in [0.3, 0.4) is 0 Å². The first-order chi connectivity index (χ1) is 18.3. The third-order valence-corrected chi connectivity index (χ3v) is 7.68. The molecule has 0 radical (unpaired) electrons. The molecule has 1 amide bonds. The Hall–Kier alpha value is -3.89. The van der Waals surface area contributed by atoms with Crippen LogP contribution in [0.1, 0.15) is 51.6 Å². The van der Waals surface area contributed by atoms with E-state index < -0.39 is 0 Å². The molecular formula is C33H32N2O2. The molecule has 2 aliphatic rings. The average molecular weight is 489 g/mol. The van der Waals surface area contributed by atoms with Gasteiger partial charge in [0.25, 0.3) is 5.91 Å². The van der Waals surface area contributed by atoms with Gasteiger partial charge in [0.2, 0.25) is 0 Å². The van der Waals surface area contributed by atoms with E-state index in [1.54, 1.807) is 0 Å². The minimum absolute atomic E-state index is 0.121. The summed E-state index contributed by atoms with van der Waals surface area (Å²) in [6.45, 7) is 3.22. The van der Waals surface area contributed by atoms with Crippen LogP contribution in [0.15, 0.2) is 109 Å². The molecule has 4 aromatic carbocycles. The topological polar surface area (TPSA) is 32.8 Å². The fraction of sp³-hybridized carbons (Fsp3) is 0.242. The van der Waals surface area contributed by atoms with Gasteiger partial charge in [0.15, 0.2) is 0 Å². The van der Waals surface area contributed by atoms with Gasteiger partial charge in [0.1, 0.15) is 6.10 Å². The summed E-state index contributed by atoms with van der Waals surface area (Å²) in [5, 5.41) is 0. The van der Waals surface area contributed by atoms with Crippen LogP contribution in [-0.4, -0.2) is 29.9 Å². The molecule has 2 aliphatic heterocycles. The molecule has 0 spiro atoms. The molecule has 0 N–H and O–H groups in total. The van der Waals surface area contributed by atoms with Crippen LogP contribution in [0.2, 0.25) is 0 Å². The highest BCUT2D eigenvalue weighted by Gasteiger charge is 2.34. The van der Waals surface area contributed by atoms with Gasteiger partial charge in [-0.1, -0.05) is 91.0 Å². The van der Waals surface area contributed by atoms with Crippen LogP contribution in [0.4, 0.5) is 5.69 Å². The van der Waals surface area contributed by atoms with Crippen molar-refractivity contribution in [1.82, 2.24) is 4.90 Å². The van der Waals surface area contributed by atoms with Gasteiger partial charge >= 0.3 is 0 Å². The number of amides is 1. The van der Waals surface area contributed by atoms with Crippen molar-refractivity contribution >= 4 is 11.6 Å². The van der Waals surface area contributed by atoms with Crippen LogP contribution in [-0.2, 0) is 17.9 Å². The number of benzene rings is 4. The van der Waals surface area contributed by atoms with Crippen LogP contribution in [0.5, 0.6) is 0 Å². The zero-order valence-corrected chi connectivity index (χ0v) is 21.0. The zero-order valence-electron chi connectivity index (χ0n) is 21.0. The fourth-order valence-corrected chi connectivity index (χ4v) is 5.63. The molecule has 1 atom stereocenters. The summed E-state index contributed by atoms with van der Waals surface area (Å²) in [6.07, 6.45) is 1.87. The molecule has 1 fully saturated rings. The van der Waals surface area contributed by atoms with Crippen molar-refractivity contribution in [2.24, 2.45) is 0 Å². The monoisotopic (exact) mass is 488 g/mol. The third-order valence-electron chi connectivity index (χ3n) is 7.68. The first kappa shape index (κ1) is 23.5. The molecule has 0 saturated carbocycles. The maximum atomic E-state index is 12.9. The van der Waals surface area contributed by atoms with Crippen LogP contribution < -0.4 is 4.90 Å². The largest absolute Gasteiger partial charge is 0.371 e. The van der Waals surface area contributed by atoms with Gasteiger partial charge in [-0.3, -0.25) is 4.79 Å². The van der Waals surface area contributed by atoms with Crippen molar-refractivity contribution in [3.05, 3.63) is 137 Å². The second kappa shape index (κ2) is 10.6. The van der Waals surface area contributed by atoms with E-state index in [4.69, 9.17) is 4.74 Å². The first-order valence-corrected chi connectivity index (χ1v) is 13.2. The van der Waals surface area contributed by atoms with Gasteiger partial charge in [-0.2, -0.15) is 0 Å². The number of hydrogen-bond donors (Lipinski definition) is 0. The SMILES string of the molecule is O=C1c2ccccc2CN1C1CCN(c2ccc(C(OCc3ccccc3)c3ccccc3)cc2)CC1. The van der Waals surface area contributed by atoms with Crippen molar-refractivity contribution in [3.8, 4) is 0 Å². The van der Waals surface area contributed by atoms with E-state index in [2.05, 4.69) is 76.5 Å². The van der Waals surface area contributed by atoms with Crippen molar-refractivity contribution < 1.29 is 9.53 Å². The lowest BCUT2D eigenvalue weighted by Crippen LogP contribution is -2.45. The smallest absolute Gasteiger partial charge is 0.254 e. The summed E-state index contributed by atoms with van der Waals surface area (Å²) in [5.74, 6) is 0.195. The second-order valence-electron chi connectivity index (χ2n) is 9.99. The molecule has 6 rings (SSSR count). The quantitative estimate of drug-likeness (QED) is 0.293. The van der Waals surface area contributed by atoms with Gasteiger partial charge in [-0.25, -0.2) is 0 Å². The predicted octanol–water partition coefficient (Wildman–Crippen LogP) is 6.62. The number of ether oxygens (including phenoxy) is 1. The lowest BCUT2D eigenvalue weighted by Gasteiger charge is -2.38. The Morgan fingerprint density at radius 3 is 2.05 bits per heavy atom. The van der Waals surface area contributed by atoms with E-state index >= 15 is 0 Å². The summed E-state index contributed by atoms with van der Waals surface area (Å²) >= 11 is 0. The Morgan fingerprint density at radius 1 is 0.730 bits per heavy atom. The standard InChI is InChI=1S/C33H32N2O2/c36-33-31-14-8-7-13-28(31)23-35(33)30-19-21-34(22-20-30)29-17-15-27(16-18-29)32(26-11-5-2-6-12-26)37-24-25-9-3-1-4-10-25/h1-18,30,32H,19-24H2. The zero-order chi connectivity index (χ0) is 25.0. The molecule has 1 saturated heterocycles. The molecule has 37 heavy (non-hydrogen) atoms. The summed E-state index contributed by atoms with van der Waals surface area (Å²) < 4.78 is 6.44. The normalized spacial score (nSPS) is 16.6. The lowest BCUT2D eigenvalue weighted by atomic mass is 9.99. The van der Waals surface area contributed by atoms with Crippen LogP contribution >= 0.6 is 0 Å². The highest BCUT2D eigenvalue weighted by atomic mass is 16.5. The van der Waals surface area contributed by atoms with E-state index in [0.29, 0.717) is 12.6 Å². The number of carbonyl (C=O) groups is 1. The average Bonchev–Trinajstić information content (AvgIpc) is 3.31. The Labute approximate surface area is 219 Å². The maximum Gasteiger partial charge on any atom is 0.254 e. The number of anilines is 1. The van der Waals surface area contributed by atoms with E-state index in [9.17, 15) is 4.79 Å².